The highest BCUT2D eigenvalue weighted by Gasteiger charge is 2.20. The number of halogens is 1. The number of ether oxygens (including phenoxy) is 1. The fourth-order valence-electron chi connectivity index (χ4n) is 2.84. The zero-order valence-electron chi connectivity index (χ0n) is 13.0. The molecule has 1 saturated carbocycles. The van der Waals surface area contributed by atoms with Crippen molar-refractivity contribution in [1.82, 2.24) is 5.32 Å². The number of nitrogens with one attached hydrogen (secondary N) is 1. The summed E-state index contributed by atoms with van der Waals surface area (Å²) in [5.41, 5.74) is 1.11. The van der Waals surface area contributed by atoms with Crippen LogP contribution in [0.1, 0.15) is 50.5 Å². The summed E-state index contributed by atoms with van der Waals surface area (Å²) in [6.07, 6.45) is 5.47. The lowest BCUT2D eigenvalue weighted by Crippen LogP contribution is -2.34. The first-order valence-electron chi connectivity index (χ1n) is 7.93. The number of benzene rings is 1. The first-order valence-corrected chi connectivity index (χ1v) is 8.31. The lowest BCUT2D eigenvalue weighted by atomic mass is 9.84. The smallest absolute Gasteiger partial charge is 0.258 e. The quantitative estimate of drug-likeness (QED) is 0.844. The summed E-state index contributed by atoms with van der Waals surface area (Å²) >= 11 is 6.12. The van der Waals surface area contributed by atoms with Crippen molar-refractivity contribution in [1.29, 1.82) is 0 Å². The molecule has 4 nitrogen and oxygen atoms in total. The summed E-state index contributed by atoms with van der Waals surface area (Å²) in [5, 5.41) is 12.5. The van der Waals surface area contributed by atoms with Crippen LogP contribution in [0.4, 0.5) is 0 Å². The van der Waals surface area contributed by atoms with Gasteiger partial charge in [-0.3, -0.25) is 4.79 Å². The molecule has 1 aromatic rings. The lowest BCUT2D eigenvalue weighted by Gasteiger charge is -2.24. The molecule has 2 N–H and O–H groups in total. The number of carbonyl (C=O) groups is 1. The van der Waals surface area contributed by atoms with Crippen LogP contribution in [0.25, 0.3) is 0 Å². The number of hydrogen-bond donors (Lipinski definition) is 2. The Morgan fingerprint density at radius 2 is 2.14 bits per heavy atom. The lowest BCUT2D eigenvalue weighted by molar-refractivity contribution is -0.123. The van der Waals surface area contributed by atoms with E-state index in [1.165, 1.54) is 19.3 Å². The van der Waals surface area contributed by atoms with E-state index in [2.05, 4.69) is 5.32 Å². The summed E-state index contributed by atoms with van der Waals surface area (Å²) < 4.78 is 5.69. The Kier molecular flexibility index (Phi) is 6.52. The van der Waals surface area contributed by atoms with E-state index >= 15 is 0 Å². The predicted octanol–water partition coefficient (Wildman–Crippen LogP) is 3.26. The molecule has 0 aliphatic heterocycles. The Labute approximate surface area is 136 Å². The van der Waals surface area contributed by atoms with Crippen molar-refractivity contribution in [3.05, 3.63) is 28.8 Å². The normalized spacial score (nSPS) is 17.0. The third kappa shape index (κ3) is 5.18. The Hall–Kier alpha value is -1.26. The molecule has 0 radical (unpaired) electrons. The molecular weight excluding hydrogens is 302 g/mol. The summed E-state index contributed by atoms with van der Waals surface area (Å²) in [5.74, 6) is 0.969. The molecule has 0 heterocycles. The third-order valence-corrected chi connectivity index (χ3v) is 4.21. The molecular formula is C17H24ClNO3. The molecule has 0 aromatic heterocycles. The van der Waals surface area contributed by atoms with Crippen LogP contribution in [-0.4, -0.2) is 30.3 Å². The van der Waals surface area contributed by atoms with Crippen molar-refractivity contribution in [3.63, 3.8) is 0 Å². The van der Waals surface area contributed by atoms with Gasteiger partial charge in [0.05, 0.1) is 6.10 Å². The van der Waals surface area contributed by atoms with Gasteiger partial charge in [-0.15, -0.1) is 0 Å². The fraction of sp³-hybridized carbons (Fsp3) is 0.588. The molecule has 1 aromatic carbocycles. The summed E-state index contributed by atoms with van der Waals surface area (Å²) in [7, 11) is 0. The standard InChI is InChI=1S/C17H24ClNO3/c1-12(20)10-19-17(21)11-22-16-8-7-14(18)9-15(16)13-5-3-2-4-6-13/h7-9,12-13,20H,2-6,10-11H2,1H3,(H,19,21). The SMILES string of the molecule is CC(O)CNC(=O)COc1ccc(Cl)cc1C1CCCCC1. The highest BCUT2D eigenvalue weighted by atomic mass is 35.5. The van der Waals surface area contributed by atoms with E-state index in [1.54, 1.807) is 13.0 Å². The Bertz CT molecular complexity index is 499. The van der Waals surface area contributed by atoms with Gasteiger partial charge in [-0.05, 0) is 49.4 Å². The summed E-state index contributed by atoms with van der Waals surface area (Å²) in [4.78, 5) is 11.7. The highest BCUT2D eigenvalue weighted by Crippen LogP contribution is 2.38. The van der Waals surface area contributed by atoms with Crippen LogP contribution in [0.5, 0.6) is 5.75 Å². The van der Waals surface area contributed by atoms with Gasteiger partial charge >= 0.3 is 0 Å². The second kappa shape index (κ2) is 8.39. The molecule has 1 aliphatic carbocycles. The van der Waals surface area contributed by atoms with Crippen molar-refractivity contribution in [2.75, 3.05) is 13.2 Å². The van der Waals surface area contributed by atoms with E-state index in [9.17, 15) is 4.79 Å². The van der Waals surface area contributed by atoms with Gasteiger partial charge in [-0.25, -0.2) is 0 Å². The van der Waals surface area contributed by atoms with Gasteiger partial charge in [0.2, 0.25) is 0 Å². The fourth-order valence-corrected chi connectivity index (χ4v) is 3.02. The van der Waals surface area contributed by atoms with E-state index in [4.69, 9.17) is 21.4 Å². The average Bonchev–Trinajstić information content (AvgIpc) is 2.52. The van der Waals surface area contributed by atoms with Crippen LogP contribution in [-0.2, 0) is 4.79 Å². The molecule has 22 heavy (non-hydrogen) atoms. The van der Waals surface area contributed by atoms with Crippen molar-refractivity contribution in [2.24, 2.45) is 0 Å². The van der Waals surface area contributed by atoms with Gasteiger partial charge < -0.3 is 15.2 Å². The van der Waals surface area contributed by atoms with E-state index < -0.39 is 6.10 Å². The zero-order valence-corrected chi connectivity index (χ0v) is 13.7. The number of carbonyl (C=O) groups excluding carboxylic acids is 1. The second-order valence-electron chi connectivity index (χ2n) is 5.96. The van der Waals surface area contributed by atoms with Crippen LogP contribution < -0.4 is 10.1 Å². The molecule has 5 heteroatoms. The zero-order chi connectivity index (χ0) is 15.9. The van der Waals surface area contributed by atoms with Crippen LogP contribution in [0.2, 0.25) is 5.02 Å². The van der Waals surface area contributed by atoms with Gasteiger partial charge in [-0.2, -0.15) is 0 Å². The minimum atomic E-state index is -0.558. The molecule has 0 spiro atoms. The molecule has 0 bridgehead atoms. The van der Waals surface area contributed by atoms with E-state index in [0.29, 0.717) is 10.9 Å². The van der Waals surface area contributed by atoms with Crippen molar-refractivity contribution in [3.8, 4) is 5.75 Å². The van der Waals surface area contributed by atoms with Crippen molar-refractivity contribution >= 4 is 17.5 Å². The Morgan fingerprint density at radius 3 is 2.82 bits per heavy atom. The molecule has 1 atom stereocenters. The number of hydrogen-bond acceptors (Lipinski definition) is 3. The van der Waals surface area contributed by atoms with Gasteiger partial charge in [0.1, 0.15) is 5.75 Å². The maximum atomic E-state index is 11.7. The maximum absolute atomic E-state index is 11.7. The summed E-state index contributed by atoms with van der Waals surface area (Å²) in [6, 6.07) is 5.59. The Morgan fingerprint density at radius 1 is 1.41 bits per heavy atom. The predicted molar refractivity (Wildman–Crippen MR) is 87.5 cm³/mol. The second-order valence-corrected chi connectivity index (χ2v) is 6.40. The molecule has 2 rings (SSSR count). The van der Waals surface area contributed by atoms with Crippen LogP contribution in [0, 0.1) is 0 Å². The Balaban J connectivity index is 1.99. The van der Waals surface area contributed by atoms with E-state index in [-0.39, 0.29) is 19.1 Å². The maximum Gasteiger partial charge on any atom is 0.258 e. The number of rotatable bonds is 6. The van der Waals surface area contributed by atoms with Crippen molar-refractivity contribution < 1.29 is 14.6 Å². The number of amides is 1. The largest absolute Gasteiger partial charge is 0.483 e. The third-order valence-electron chi connectivity index (χ3n) is 3.97. The summed E-state index contributed by atoms with van der Waals surface area (Å²) in [6.45, 7) is 1.81. The van der Waals surface area contributed by atoms with Crippen LogP contribution in [0.15, 0.2) is 18.2 Å². The topological polar surface area (TPSA) is 58.6 Å². The van der Waals surface area contributed by atoms with Crippen LogP contribution >= 0.6 is 11.6 Å². The minimum Gasteiger partial charge on any atom is -0.483 e. The van der Waals surface area contributed by atoms with Crippen LogP contribution in [0.3, 0.4) is 0 Å². The average molecular weight is 326 g/mol. The first-order chi connectivity index (χ1) is 10.6. The molecule has 0 saturated heterocycles. The molecule has 1 unspecified atom stereocenters. The molecule has 122 valence electrons. The number of aliphatic hydroxyl groups is 1. The van der Waals surface area contributed by atoms with E-state index in [0.717, 1.165) is 24.2 Å². The highest BCUT2D eigenvalue weighted by molar-refractivity contribution is 6.30. The monoisotopic (exact) mass is 325 g/mol. The van der Waals surface area contributed by atoms with Crippen molar-refractivity contribution in [2.45, 2.75) is 51.0 Å². The van der Waals surface area contributed by atoms with Gasteiger partial charge in [0, 0.05) is 11.6 Å². The first kappa shape index (κ1) is 17.1. The van der Waals surface area contributed by atoms with Gasteiger partial charge in [-0.1, -0.05) is 30.9 Å². The van der Waals surface area contributed by atoms with Gasteiger partial charge in [0.15, 0.2) is 6.61 Å². The molecule has 1 amide bonds. The molecule has 1 fully saturated rings. The van der Waals surface area contributed by atoms with E-state index in [1.807, 2.05) is 12.1 Å². The number of aliphatic hydroxyl groups excluding tert-OH is 1. The minimum absolute atomic E-state index is 0.0475. The van der Waals surface area contributed by atoms with Gasteiger partial charge in [0.25, 0.3) is 5.91 Å². The molecule has 1 aliphatic rings.